The molecule has 202 valence electrons. The first-order valence-corrected chi connectivity index (χ1v) is 14.8. The third-order valence-electron chi connectivity index (χ3n) is 6.25. The number of benzene rings is 2. The van der Waals surface area contributed by atoms with Gasteiger partial charge in [-0.1, -0.05) is 42.0 Å². The highest BCUT2D eigenvalue weighted by Gasteiger charge is 2.26. The summed E-state index contributed by atoms with van der Waals surface area (Å²) in [5.41, 5.74) is 10.7. The summed E-state index contributed by atoms with van der Waals surface area (Å²) in [7, 11) is -3.11. The summed E-state index contributed by atoms with van der Waals surface area (Å²) >= 11 is 0. The van der Waals surface area contributed by atoms with Crippen LogP contribution in [0.2, 0.25) is 0 Å². The summed E-state index contributed by atoms with van der Waals surface area (Å²) in [6.45, 7) is 7.75. The normalized spacial score (nSPS) is 13.9. The van der Waals surface area contributed by atoms with E-state index in [1.165, 1.54) is 23.0 Å². The molecule has 0 bridgehead atoms. The van der Waals surface area contributed by atoms with Crippen molar-refractivity contribution in [1.82, 2.24) is 19.5 Å². The van der Waals surface area contributed by atoms with Crippen molar-refractivity contribution >= 4 is 24.4 Å². The molecule has 0 radical (unpaired) electrons. The number of imidazole rings is 1. The van der Waals surface area contributed by atoms with Gasteiger partial charge in [-0.3, -0.25) is 4.57 Å². The fourth-order valence-corrected chi connectivity index (χ4v) is 6.13. The summed E-state index contributed by atoms with van der Waals surface area (Å²) in [6, 6.07) is 15.6. The first-order chi connectivity index (χ1) is 18.3. The molecule has 2 aromatic heterocycles. The number of nitrogen functional groups attached to an aromatic ring is 1. The number of ether oxygens (including phenoxy) is 2. The molecular weight excluding hydrogens is 501 g/mol. The van der Waals surface area contributed by atoms with Crippen molar-refractivity contribution in [2.45, 2.75) is 52.9 Å². The zero-order valence-electron chi connectivity index (χ0n) is 22.2. The molecule has 0 amide bonds. The van der Waals surface area contributed by atoms with Gasteiger partial charge in [0.25, 0.3) is 7.37 Å². The Kier molecular flexibility index (Phi) is 9.50. The van der Waals surface area contributed by atoms with Crippen LogP contribution in [-0.2, 0) is 27.2 Å². The minimum absolute atomic E-state index is 0.0102. The minimum atomic E-state index is -3.11. The number of hydrogen-bond acceptors (Lipinski definition) is 8. The number of hydrogen-bond donors (Lipinski definition) is 1. The van der Waals surface area contributed by atoms with E-state index in [2.05, 4.69) is 47.0 Å². The summed E-state index contributed by atoms with van der Waals surface area (Å²) in [4.78, 5) is 12.5. The molecule has 0 saturated heterocycles. The van der Waals surface area contributed by atoms with Crippen LogP contribution in [0.15, 0.2) is 61.2 Å². The van der Waals surface area contributed by atoms with E-state index >= 15 is 0 Å². The maximum Gasteiger partial charge on any atom is 0.272 e. The third kappa shape index (κ3) is 7.63. The molecule has 2 N–H and O–H groups in total. The van der Waals surface area contributed by atoms with Gasteiger partial charge in [-0.15, -0.1) is 0 Å². The topological polar surface area (TPSA) is 114 Å². The Morgan fingerprint density at radius 1 is 1.05 bits per heavy atom. The van der Waals surface area contributed by atoms with Crippen molar-refractivity contribution in [2.75, 3.05) is 24.9 Å². The first-order valence-electron chi connectivity index (χ1n) is 12.8. The second-order valence-electron chi connectivity index (χ2n) is 9.57. The second kappa shape index (κ2) is 13.0. The van der Waals surface area contributed by atoms with Gasteiger partial charge in [0.1, 0.15) is 23.9 Å². The van der Waals surface area contributed by atoms with Crippen LogP contribution < -0.4 is 10.3 Å². The van der Waals surface area contributed by atoms with Crippen LogP contribution in [0.4, 0.5) is 5.82 Å². The van der Waals surface area contributed by atoms with Crippen LogP contribution >= 0.6 is 7.37 Å². The number of aromatic nitrogens is 4. The van der Waals surface area contributed by atoms with Gasteiger partial charge in [-0.25, -0.2) is 15.0 Å². The molecule has 38 heavy (non-hydrogen) atoms. The van der Waals surface area contributed by atoms with Crippen LogP contribution in [-0.4, -0.2) is 44.7 Å². The average Bonchev–Trinajstić information content (AvgIpc) is 3.30. The van der Waals surface area contributed by atoms with Crippen molar-refractivity contribution in [3.63, 3.8) is 0 Å². The van der Waals surface area contributed by atoms with Gasteiger partial charge in [0.15, 0.2) is 11.5 Å². The molecule has 0 fully saturated rings. The number of nitrogens with two attached hydrogens (primary N) is 1. The Bertz CT molecular complexity index is 1380. The molecule has 0 aliphatic heterocycles. The van der Waals surface area contributed by atoms with Crippen molar-refractivity contribution in [3.8, 4) is 5.75 Å². The van der Waals surface area contributed by atoms with Crippen LogP contribution in [0.1, 0.15) is 36.5 Å². The Balaban J connectivity index is 1.30. The predicted octanol–water partition coefficient (Wildman–Crippen LogP) is 5.74. The van der Waals surface area contributed by atoms with Gasteiger partial charge < -0.3 is 24.3 Å². The molecular formula is C28H36N5O4P. The van der Waals surface area contributed by atoms with Gasteiger partial charge in [0.2, 0.25) is 0 Å². The van der Waals surface area contributed by atoms with E-state index in [0.717, 1.165) is 6.42 Å². The maximum atomic E-state index is 13.8. The van der Waals surface area contributed by atoms with Gasteiger partial charge in [0.05, 0.1) is 25.6 Å². The first kappa shape index (κ1) is 27.8. The van der Waals surface area contributed by atoms with E-state index < -0.39 is 7.37 Å². The largest absolute Gasteiger partial charge is 0.441 e. The highest BCUT2D eigenvalue weighted by atomic mass is 31.2. The number of nitrogens with zero attached hydrogens (tertiary/aromatic N) is 4. The van der Waals surface area contributed by atoms with Crippen molar-refractivity contribution in [3.05, 3.63) is 77.9 Å². The predicted molar refractivity (Wildman–Crippen MR) is 149 cm³/mol. The fourth-order valence-electron chi connectivity index (χ4n) is 4.16. The fraction of sp³-hybridized carbons (Fsp3) is 0.393. The lowest BCUT2D eigenvalue weighted by molar-refractivity contribution is 0.0828. The Labute approximate surface area is 223 Å². The highest BCUT2D eigenvalue weighted by molar-refractivity contribution is 7.59. The van der Waals surface area contributed by atoms with Gasteiger partial charge in [0, 0.05) is 12.8 Å². The minimum Gasteiger partial charge on any atom is -0.441 e. The van der Waals surface area contributed by atoms with Crippen LogP contribution in [0.25, 0.3) is 11.2 Å². The number of anilines is 1. The molecule has 4 aromatic rings. The van der Waals surface area contributed by atoms with E-state index in [9.17, 15) is 4.57 Å². The number of para-hydroxylation sites is 1. The third-order valence-corrected chi connectivity index (χ3v) is 8.33. The molecule has 2 aromatic carbocycles. The van der Waals surface area contributed by atoms with Crippen LogP contribution in [0.5, 0.6) is 5.75 Å². The van der Waals surface area contributed by atoms with E-state index in [1.54, 1.807) is 6.33 Å². The molecule has 0 aliphatic rings. The van der Waals surface area contributed by atoms with Crippen molar-refractivity contribution in [2.24, 2.45) is 0 Å². The smallest absolute Gasteiger partial charge is 0.272 e. The second-order valence-corrected chi connectivity index (χ2v) is 12.1. The van der Waals surface area contributed by atoms with Gasteiger partial charge >= 0.3 is 0 Å². The van der Waals surface area contributed by atoms with Crippen LogP contribution in [0, 0.1) is 13.8 Å². The number of fused-ring (bicyclic) bond motifs is 1. The van der Waals surface area contributed by atoms with E-state index in [1.807, 2.05) is 41.8 Å². The van der Waals surface area contributed by atoms with Gasteiger partial charge in [-0.2, -0.15) is 0 Å². The zero-order valence-corrected chi connectivity index (χ0v) is 23.1. The standard InChI is InChI=1S/C28H36N5O4P/c1-21-11-12-24(22(2)15-21)17-35-13-7-8-14-38(34,37-25-9-5-4-6-10-25)20-36-23(3)16-33-19-32-26-27(29)30-18-31-28(26)33/h4-6,9-12,15,18-19,23H,7-8,13-14,16-17,20H2,1-3H3,(H2,29,30,31)/t23-,38?/m1/s1. The van der Waals surface area contributed by atoms with E-state index in [4.69, 9.17) is 19.7 Å². The number of rotatable bonds is 14. The molecule has 1 unspecified atom stereocenters. The summed E-state index contributed by atoms with van der Waals surface area (Å²) in [5, 5.41) is 0. The molecule has 10 heteroatoms. The lowest BCUT2D eigenvalue weighted by Crippen LogP contribution is -2.19. The molecule has 0 aliphatic carbocycles. The monoisotopic (exact) mass is 537 g/mol. The lowest BCUT2D eigenvalue weighted by Gasteiger charge is -2.22. The summed E-state index contributed by atoms with van der Waals surface area (Å²) in [5.74, 6) is 0.909. The lowest BCUT2D eigenvalue weighted by atomic mass is 10.1. The SMILES string of the molecule is Cc1ccc(COCCCCP(=O)(CO[C@H](C)Cn2cnc3c(N)ncnc32)Oc2ccccc2)c(C)c1. The van der Waals surface area contributed by atoms with E-state index in [0.29, 0.717) is 55.1 Å². The van der Waals surface area contributed by atoms with Crippen LogP contribution in [0.3, 0.4) is 0 Å². The Hall–Kier alpha value is -3.26. The summed E-state index contributed by atoms with van der Waals surface area (Å²) < 4.78 is 33.6. The average molecular weight is 538 g/mol. The highest BCUT2D eigenvalue weighted by Crippen LogP contribution is 2.48. The maximum absolute atomic E-state index is 13.8. The molecule has 0 saturated carbocycles. The Morgan fingerprint density at radius 2 is 1.87 bits per heavy atom. The molecule has 2 heterocycles. The van der Waals surface area contributed by atoms with Crippen molar-refractivity contribution in [1.29, 1.82) is 0 Å². The van der Waals surface area contributed by atoms with Gasteiger partial charge in [-0.05, 0) is 56.9 Å². The van der Waals surface area contributed by atoms with E-state index in [-0.39, 0.29) is 12.5 Å². The number of aryl methyl sites for hydroxylation is 2. The molecule has 9 nitrogen and oxygen atoms in total. The zero-order chi connectivity index (χ0) is 27.0. The molecule has 2 atom stereocenters. The Morgan fingerprint density at radius 3 is 2.66 bits per heavy atom. The molecule has 4 rings (SSSR count). The van der Waals surface area contributed by atoms with Crippen molar-refractivity contribution < 1.29 is 18.6 Å². The summed E-state index contributed by atoms with van der Waals surface area (Å²) in [6.07, 6.45) is 4.72. The molecule has 0 spiro atoms. The quantitative estimate of drug-likeness (QED) is 0.160. The number of unbranched alkanes of at least 4 members (excludes halogenated alkanes) is 1.